The third kappa shape index (κ3) is 4.75. The third-order valence-electron chi connectivity index (χ3n) is 4.60. The molecule has 0 unspecified atom stereocenters. The monoisotopic (exact) mass is 410 g/mol. The van der Waals surface area contributed by atoms with Gasteiger partial charge in [-0.2, -0.15) is 0 Å². The van der Waals surface area contributed by atoms with Gasteiger partial charge in [-0.25, -0.2) is 4.98 Å². The predicted octanol–water partition coefficient (Wildman–Crippen LogP) is 2.12. The van der Waals surface area contributed by atoms with Gasteiger partial charge < -0.3 is 19.1 Å². The summed E-state index contributed by atoms with van der Waals surface area (Å²) >= 11 is 7.50. The zero-order chi connectivity index (χ0) is 19.4. The molecule has 1 aromatic carbocycles. The lowest BCUT2D eigenvalue weighted by molar-refractivity contribution is -0.136. The highest BCUT2D eigenvalue weighted by Crippen LogP contribution is 2.26. The van der Waals surface area contributed by atoms with Gasteiger partial charge in [-0.15, -0.1) is 0 Å². The summed E-state index contributed by atoms with van der Waals surface area (Å²) in [7, 11) is 1.66. The number of imidazole rings is 1. The van der Waals surface area contributed by atoms with Crippen LogP contribution in [-0.2, 0) is 20.9 Å². The van der Waals surface area contributed by atoms with Gasteiger partial charge in [0, 0.05) is 51.8 Å². The number of carbonyl (C=O) groups is 2. The number of nitrogens with zero attached hydrogens (tertiary/aromatic N) is 4. The van der Waals surface area contributed by atoms with Crippen molar-refractivity contribution >= 4 is 46.2 Å². The van der Waals surface area contributed by atoms with Gasteiger partial charge in [0.1, 0.15) is 0 Å². The van der Waals surface area contributed by atoms with Crippen molar-refractivity contribution in [3.05, 3.63) is 23.2 Å². The molecule has 7 nitrogen and oxygen atoms in total. The van der Waals surface area contributed by atoms with Gasteiger partial charge in [-0.05, 0) is 18.2 Å². The van der Waals surface area contributed by atoms with Gasteiger partial charge in [0.25, 0.3) is 0 Å². The van der Waals surface area contributed by atoms with Crippen LogP contribution in [-0.4, -0.2) is 76.8 Å². The van der Waals surface area contributed by atoms with Crippen molar-refractivity contribution in [2.24, 2.45) is 0 Å². The zero-order valence-electron chi connectivity index (χ0n) is 15.5. The van der Waals surface area contributed by atoms with Gasteiger partial charge in [0.15, 0.2) is 5.16 Å². The third-order valence-corrected chi connectivity index (χ3v) is 5.79. The number of rotatable bonds is 6. The number of piperazine rings is 1. The highest BCUT2D eigenvalue weighted by molar-refractivity contribution is 7.99. The Bertz CT molecular complexity index is 833. The number of carbonyl (C=O) groups excluding carboxylic acids is 2. The average molecular weight is 411 g/mol. The molecule has 1 aliphatic heterocycles. The Labute approximate surface area is 167 Å². The van der Waals surface area contributed by atoms with E-state index in [1.165, 1.54) is 11.8 Å². The van der Waals surface area contributed by atoms with Crippen LogP contribution in [0.5, 0.6) is 0 Å². The Morgan fingerprint density at radius 1 is 1.22 bits per heavy atom. The Morgan fingerprint density at radius 3 is 2.59 bits per heavy atom. The minimum Gasteiger partial charge on any atom is -0.383 e. The van der Waals surface area contributed by atoms with Crippen molar-refractivity contribution in [3.63, 3.8) is 0 Å². The molecule has 0 aliphatic carbocycles. The van der Waals surface area contributed by atoms with E-state index in [1.807, 2.05) is 23.1 Å². The molecule has 0 radical (unpaired) electrons. The summed E-state index contributed by atoms with van der Waals surface area (Å²) in [5.41, 5.74) is 1.78. The molecule has 9 heteroatoms. The second-order valence-electron chi connectivity index (χ2n) is 6.35. The van der Waals surface area contributed by atoms with Gasteiger partial charge in [0.05, 0.1) is 23.4 Å². The van der Waals surface area contributed by atoms with Crippen molar-refractivity contribution in [1.82, 2.24) is 19.4 Å². The molecule has 0 bridgehead atoms. The summed E-state index contributed by atoms with van der Waals surface area (Å²) in [4.78, 5) is 32.2. The van der Waals surface area contributed by atoms with Gasteiger partial charge in [0.2, 0.25) is 11.8 Å². The number of hydrogen-bond donors (Lipinski definition) is 0. The first-order chi connectivity index (χ1) is 13.0. The molecule has 1 aromatic heterocycles. The Kier molecular flexibility index (Phi) is 6.62. The maximum Gasteiger partial charge on any atom is 0.233 e. The lowest BCUT2D eigenvalue weighted by Gasteiger charge is -2.34. The molecule has 0 atom stereocenters. The minimum atomic E-state index is 0.0574. The van der Waals surface area contributed by atoms with Gasteiger partial charge in [-0.3, -0.25) is 9.59 Å². The van der Waals surface area contributed by atoms with E-state index in [9.17, 15) is 9.59 Å². The molecule has 27 heavy (non-hydrogen) atoms. The van der Waals surface area contributed by atoms with Crippen molar-refractivity contribution in [2.75, 3.05) is 45.6 Å². The van der Waals surface area contributed by atoms with E-state index in [4.69, 9.17) is 16.3 Å². The number of thioether (sulfide) groups is 1. The van der Waals surface area contributed by atoms with Crippen LogP contribution in [0.1, 0.15) is 6.92 Å². The van der Waals surface area contributed by atoms with E-state index in [2.05, 4.69) is 9.55 Å². The normalized spacial score (nSPS) is 14.8. The van der Waals surface area contributed by atoms with Crippen LogP contribution >= 0.6 is 23.4 Å². The van der Waals surface area contributed by atoms with Crippen LogP contribution in [0.4, 0.5) is 0 Å². The largest absolute Gasteiger partial charge is 0.383 e. The number of aromatic nitrogens is 2. The molecule has 2 heterocycles. The van der Waals surface area contributed by atoms with Crippen LogP contribution in [0.25, 0.3) is 11.0 Å². The fourth-order valence-electron chi connectivity index (χ4n) is 3.08. The molecule has 1 aliphatic rings. The van der Waals surface area contributed by atoms with E-state index in [0.29, 0.717) is 50.1 Å². The van der Waals surface area contributed by atoms with Crippen LogP contribution in [0, 0.1) is 0 Å². The summed E-state index contributed by atoms with van der Waals surface area (Å²) in [6, 6.07) is 5.60. The Hall–Kier alpha value is -1.77. The molecule has 3 rings (SSSR count). The molecule has 1 saturated heterocycles. The first kappa shape index (κ1) is 20.0. The number of fused-ring (bicyclic) bond motifs is 1. The lowest BCUT2D eigenvalue weighted by atomic mass is 10.3. The van der Waals surface area contributed by atoms with Crippen LogP contribution in [0.2, 0.25) is 5.02 Å². The second kappa shape index (κ2) is 8.95. The standard InChI is InChI=1S/C18H23ClN4O3S/c1-13(24)21-5-7-22(8-6-21)17(25)12-27-18-20-15-11-14(19)3-4-16(15)23(18)9-10-26-2/h3-4,11H,5-10,12H2,1-2H3. The number of amides is 2. The first-order valence-corrected chi connectivity index (χ1v) is 10.2. The quantitative estimate of drug-likeness (QED) is 0.682. The topological polar surface area (TPSA) is 67.7 Å². The number of halogens is 1. The summed E-state index contributed by atoms with van der Waals surface area (Å²) < 4.78 is 7.26. The Balaban J connectivity index is 1.67. The van der Waals surface area contributed by atoms with E-state index >= 15 is 0 Å². The predicted molar refractivity (Wildman–Crippen MR) is 106 cm³/mol. The minimum absolute atomic E-state index is 0.0574. The van der Waals surface area contributed by atoms with E-state index in [0.717, 1.165) is 16.2 Å². The highest BCUT2D eigenvalue weighted by Gasteiger charge is 2.23. The number of hydrogen-bond acceptors (Lipinski definition) is 5. The second-order valence-corrected chi connectivity index (χ2v) is 7.73. The van der Waals surface area contributed by atoms with E-state index in [1.54, 1.807) is 18.9 Å². The number of ether oxygens (including phenoxy) is 1. The van der Waals surface area contributed by atoms with E-state index in [-0.39, 0.29) is 11.8 Å². The van der Waals surface area contributed by atoms with Crippen LogP contribution in [0.3, 0.4) is 0 Å². The fourth-order valence-corrected chi connectivity index (χ4v) is 4.19. The summed E-state index contributed by atoms with van der Waals surface area (Å²) in [6.07, 6.45) is 0. The van der Waals surface area contributed by atoms with E-state index < -0.39 is 0 Å². The molecule has 146 valence electrons. The number of methoxy groups -OCH3 is 1. The maximum absolute atomic E-state index is 12.6. The maximum atomic E-state index is 12.6. The van der Waals surface area contributed by atoms with Crippen molar-refractivity contribution in [1.29, 1.82) is 0 Å². The van der Waals surface area contributed by atoms with Crippen molar-refractivity contribution < 1.29 is 14.3 Å². The highest BCUT2D eigenvalue weighted by atomic mass is 35.5. The van der Waals surface area contributed by atoms with Crippen molar-refractivity contribution in [3.8, 4) is 0 Å². The zero-order valence-corrected chi connectivity index (χ0v) is 17.1. The van der Waals surface area contributed by atoms with Crippen LogP contribution < -0.4 is 0 Å². The lowest BCUT2D eigenvalue weighted by Crippen LogP contribution is -2.50. The average Bonchev–Trinajstić information content (AvgIpc) is 3.00. The molecule has 2 aromatic rings. The van der Waals surface area contributed by atoms with Crippen molar-refractivity contribution in [2.45, 2.75) is 18.6 Å². The molecule has 1 fully saturated rings. The summed E-state index contributed by atoms with van der Waals surface area (Å²) in [5.74, 6) is 0.429. The number of benzene rings is 1. The Morgan fingerprint density at radius 2 is 1.93 bits per heavy atom. The molecule has 0 N–H and O–H groups in total. The van der Waals surface area contributed by atoms with Crippen LogP contribution in [0.15, 0.2) is 23.4 Å². The van der Waals surface area contributed by atoms with Gasteiger partial charge >= 0.3 is 0 Å². The van der Waals surface area contributed by atoms with Gasteiger partial charge in [-0.1, -0.05) is 23.4 Å². The molecule has 0 saturated carbocycles. The smallest absolute Gasteiger partial charge is 0.233 e. The molecular formula is C18H23ClN4O3S. The molecule has 2 amide bonds. The molecule has 0 spiro atoms. The fraction of sp³-hybridized carbons (Fsp3) is 0.500. The summed E-state index contributed by atoms with van der Waals surface area (Å²) in [6.45, 7) is 5.12. The summed E-state index contributed by atoms with van der Waals surface area (Å²) in [5, 5.41) is 1.41. The molecular weight excluding hydrogens is 388 g/mol. The first-order valence-electron chi connectivity index (χ1n) is 8.80. The SMILES string of the molecule is COCCn1c(SCC(=O)N2CCN(C(C)=O)CC2)nc2cc(Cl)ccc21.